The largest absolute Gasteiger partial charge is 0.497 e. The third-order valence-corrected chi connectivity index (χ3v) is 3.74. The predicted molar refractivity (Wildman–Crippen MR) is 88.7 cm³/mol. The molecule has 0 aliphatic heterocycles. The number of hydrogen-bond donors (Lipinski definition) is 2. The molecule has 5 heteroatoms. The highest BCUT2D eigenvalue weighted by Gasteiger charge is 2.15. The Labute approximate surface area is 133 Å². The average Bonchev–Trinajstić information content (AvgIpc) is 2.91. The summed E-state index contributed by atoms with van der Waals surface area (Å²) in [6.07, 6.45) is 0. The smallest absolute Gasteiger partial charge is 0.272 e. The zero-order valence-corrected chi connectivity index (χ0v) is 12.8. The molecular formula is C18H15N3O2. The summed E-state index contributed by atoms with van der Waals surface area (Å²) >= 11 is 0. The molecule has 2 aromatic carbocycles. The van der Waals surface area contributed by atoms with E-state index < -0.39 is 0 Å². The van der Waals surface area contributed by atoms with E-state index in [1.54, 1.807) is 31.4 Å². The molecule has 2 N–H and O–H groups in total. The van der Waals surface area contributed by atoms with Crippen LogP contribution in [0, 0.1) is 18.3 Å². The summed E-state index contributed by atoms with van der Waals surface area (Å²) in [7, 11) is 1.61. The van der Waals surface area contributed by atoms with Gasteiger partial charge in [-0.1, -0.05) is 6.07 Å². The maximum absolute atomic E-state index is 12.5. The fourth-order valence-corrected chi connectivity index (χ4v) is 2.52. The van der Waals surface area contributed by atoms with Gasteiger partial charge in [0.05, 0.1) is 18.7 Å². The van der Waals surface area contributed by atoms with Crippen LogP contribution in [0.3, 0.4) is 0 Å². The minimum Gasteiger partial charge on any atom is -0.497 e. The maximum atomic E-state index is 12.5. The summed E-state index contributed by atoms with van der Waals surface area (Å²) in [6, 6.07) is 14.5. The number of aryl methyl sites for hydroxylation is 1. The number of nitriles is 1. The van der Waals surface area contributed by atoms with Gasteiger partial charge in [-0.05, 0) is 48.9 Å². The van der Waals surface area contributed by atoms with E-state index in [1.807, 2.05) is 25.1 Å². The number of benzene rings is 2. The molecule has 23 heavy (non-hydrogen) atoms. The number of anilines is 1. The zero-order chi connectivity index (χ0) is 16.4. The maximum Gasteiger partial charge on any atom is 0.272 e. The van der Waals surface area contributed by atoms with Gasteiger partial charge in [0.25, 0.3) is 5.91 Å². The minimum absolute atomic E-state index is 0.243. The molecule has 0 aliphatic rings. The van der Waals surface area contributed by atoms with Crippen LogP contribution in [-0.2, 0) is 0 Å². The fraction of sp³-hybridized carbons (Fsp3) is 0.111. The third kappa shape index (κ3) is 2.74. The number of hydrogen-bond acceptors (Lipinski definition) is 3. The van der Waals surface area contributed by atoms with Crippen molar-refractivity contribution in [3.63, 3.8) is 0 Å². The van der Waals surface area contributed by atoms with Crippen molar-refractivity contribution < 1.29 is 9.53 Å². The van der Waals surface area contributed by atoms with Crippen molar-refractivity contribution in [1.29, 1.82) is 5.26 Å². The second kappa shape index (κ2) is 5.85. The second-order valence-corrected chi connectivity index (χ2v) is 5.18. The van der Waals surface area contributed by atoms with E-state index in [4.69, 9.17) is 10.00 Å². The van der Waals surface area contributed by atoms with Gasteiger partial charge in [-0.3, -0.25) is 4.79 Å². The molecule has 0 spiro atoms. The zero-order valence-electron chi connectivity index (χ0n) is 12.8. The van der Waals surface area contributed by atoms with E-state index in [2.05, 4.69) is 16.4 Å². The van der Waals surface area contributed by atoms with Gasteiger partial charge < -0.3 is 15.0 Å². The normalized spacial score (nSPS) is 10.3. The van der Waals surface area contributed by atoms with Crippen LogP contribution in [-0.4, -0.2) is 18.0 Å². The summed E-state index contributed by atoms with van der Waals surface area (Å²) in [6.45, 7) is 1.89. The van der Waals surface area contributed by atoms with Crippen LogP contribution in [0.25, 0.3) is 10.9 Å². The number of aromatic nitrogens is 1. The molecule has 0 bridgehead atoms. The van der Waals surface area contributed by atoms with E-state index >= 15 is 0 Å². The molecule has 1 amide bonds. The van der Waals surface area contributed by atoms with Crippen LogP contribution in [0.1, 0.15) is 21.6 Å². The molecule has 0 atom stereocenters. The van der Waals surface area contributed by atoms with E-state index in [1.165, 1.54) is 0 Å². The number of amides is 1. The van der Waals surface area contributed by atoms with Gasteiger partial charge in [-0.25, -0.2) is 0 Å². The number of carbonyl (C=O) groups is 1. The van der Waals surface area contributed by atoms with Crippen molar-refractivity contribution in [2.75, 3.05) is 12.4 Å². The van der Waals surface area contributed by atoms with Crippen molar-refractivity contribution in [2.24, 2.45) is 0 Å². The van der Waals surface area contributed by atoms with Crippen molar-refractivity contribution >= 4 is 22.5 Å². The SMILES string of the molecule is COc1ccc2[nH]c(C(=O)Nc3cccc(C#N)c3)c(C)c2c1. The molecule has 0 unspecified atom stereocenters. The number of rotatable bonds is 3. The Morgan fingerprint density at radius 3 is 2.83 bits per heavy atom. The van der Waals surface area contributed by atoms with Crippen LogP contribution < -0.4 is 10.1 Å². The number of aromatic amines is 1. The second-order valence-electron chi connectivity index (χ2n) is 5.18. The molecular weight excluding hydrogens is 290 g/mol. The highest BCUT2D eigenvalue weighted by Crippen LogP contribution is 2.26. The van der Waals surface area contributed by atoms with Gasteiger partial charge >= 0.3 is 0 Å². The number of fused-ring (bicyclic) bond motifs is 1. The van der Waals surface area contributed by atoms with Gasteiger partial charge in [-0.2, -0.15) is 5.26 Å². The first kappa shape index (κ1) is 14.7. The predicted octanol–water partition coefficient (Wildman–Crippen LogP) is 3.61. The minimum atomic E-state index is -0.243. The lowest BCUT2D eigenvalue weighted by Gasteiger charge is -2.05. The number of H-pyrrole nitrogens is 1. The van der Waals surface area contributed by atoms with Gasteiger partial charge in [0.15, 0.2) is 0 Å². The van der Waals surface area contributed by atoms with E-state index in [-0.39, 0.29) is 5.91 Å². The lowest BCUT2D eigenvalue weighted by Crippen LogP contribution is -2.13. The van der Waals surface area contributed by atoms with E-state index in [9.17, 15) is 4.79 Å². The molecule has 0 saturated carbocycles. The van der Waals surface area contributed by atoms with Crippen LogP contribution in [0.5, 0.6) is 5.75 Å². The number of ether oxygens (including phenoxy) is 1. The molecule has 3 aromatic rings. The Morgan fingerprint density at radius 1 is 1.26 bits per heavy atom. The molecule has 3 rings (SSSR count). The first-order chi connectivity index (χ1) is 11.1. The number of carbonyl (C=O) groups excluding carboxylic acids is 1. The Bertz CT molecular complexity index is 935. The van der Waals surface area contributed by atoms with Crippen molar-refractivity contribution in [3.8, 4) is 11.8 Å². The van der Waals surface area contributed by atoms with Gasteiger partial charge in [0.1, 0.15) is 11.4 Å². The lowest BCUT2D eigenvalue weighted by molar-refractivity contribution is 0.102. The highest BCUT2D eigenvalue weighted by molar-refractivity contribution is 6.08. The summed E-state index contributed by atoms with van der Waals surface area (Å²) in [4.78, 5) is 15.6. The van der Waals surface area contributed by atoms with Gasteiger partial charge in [0.2, 0.25) is 0 Å². The molecule has 114 valence electrons. The monoisotopic (exact) mass is 305 g/mol. The van der Waals surface area contributed by atoms with Gasteiger partial charge in [0, 0.05) is 16.6 Å². The average molecular weight is 305 g/mol. The van der Waals surface area contributed by atoms with Crippen LogP contribution in [0.4, 0.5) is 5.69 Å². The van der Waals surface area contributed by atoms with Crippen LogP contribution in [0.2, 0.25) is 0 Å². The quantitative estimate of drug-likeness (QED) is 0.776. The molecule has 1 aromatic heterocycles. The Balaban J connectivity index is 1.94. The molecule has 5 nitrogen and oxygen atoms in total. The summed E-state index contributed by atoms with van der Waals surface area (Å²) in [5.41, 5.74) is 3.31. The number of nitrogens with one attached hydrogen (secondary N) is 2. The van der Waals surface area contributed by atoms with Crippen molar-refractivity contribution in [2.45, 2.75) is 6.92 Å². The third-order valence-electron chi connectivity index (χ3n) is 3.74. The number of nitrogens with zero attached hydrogens (tertiary/aromatic N) is 1. The summed E-state index contributed by atoms with van der Waals surface area (Å²) in [5, 5.41) is 12.7. The Kier molecular flexibility index (Phi) is 3.73. The first-order valence-electron chi connectivity index (χ1n) is 7.10. The lowest BCUT2D eigenvalue weighted by atomic mass is 10.1. The van der Waals surface area contributed by atoms with E-state index in [0.29, 0.717) is 16.9 Å². The van der Waals surface area contributed by atoms with E-state index in [0.717, 1.165) is 22.2 Å². The first-order valence-corrected chi connectivity index (χ1v) is 7.10. The van der Waals surface area contributed by atoms with Crippen molar-refractivity contribution in [1.82, 2.24) is 4.98 Å². The van der Waals surface area contributed by atoms with Gasteiger partial charge in [-0.15, -0.1) is 0 Å². The van der Waals surface area contributed by atoms with Crippen molar-refractivity contribution in [3.05, 3.63) is 59.3 Å². The Morgan fingerprint density at radius 2 is 2.09 bits per heavy atom. The summed E-state index contributed by atoms with van der Waals surface area (Å²) in [5.74, 6) is 0.501. The molecule has 0 aliphatic carbocycles. The summed E-state index contributed by atoms with van der Waals surface area (Å²) < 4.78 is 5.22. The Hall–Kier alpha value is -3.26. The molecule has 1 heterocycles. The number of methoxy groups -OCH3 is 1. The molecule has 0 saturated heterocycles. The van der Waals surface area contributed by atoms with Crippen LogP contribution >= 0.6 is 0 Å². The topological polar surface area (TPSA) is 77.9 Å². The standard InChI is InChI=1S/C18H15N3O2/c1-11-15-9-14(23-2)6-7-16(15)21-17(11)18(22)20-13-5-3-4-12(8-13)10-19/h3-9,21H,1-2H3,(H,20,22). The molecule has 0 fully saturated rings. The highest BCUT2D eigenvalue weighted by atomic mass is 16.5. The fourth-order valence-electron chi connectivity index (χ4n) is 2.52. The van der Waals surface area contributed by atoms with Crippen LogP contribution in [0.15, 0.2) is 42.5 Å². The molecule has 0 radical (unpaired) electrons.